The van der Waals surface area contributed by atoms with E-state index in [9.17, 15) is 14.4 Å². The number of carboxylic acids is 2. The number of hydrogen-bond donors (Lipinski definition) is 2. The van der Waals surface area contributed by atoms with E-state index in [1.807, 2.05) is 0 Å². The highest BCUT2D eigenvalue weighted by molar-refractivity contribution is 5.93. The largest absolute Gasteiger partial charge is 0.481 e. The number of rotatable bonds is 5. The summed E-state index contributed by atoms with van der Waals surface area (Å²) < 4.78 is 4.35. The van der Waals surface area contributed by atoms with Gasteiger partial charge in [0.05, 0.1) is 13.0 Å². The van der Waals surface area contributed by atoms with Crippen molar-refractivity contribution in [3.63, 3.8) is 0 Å². The van der Waals surface area contributed by atoms with Gasteiger partial charge in [0.1, 0.15) is 0 Å². The molecule has 0 heterocycles. The average molecular weight is 204 g/mol. The Balaban J connectivity index is 4.38. The van der Waals surface area contributed by atoms with Crippen LogP contribution in [0.15, 0.2) is 0 Å². The summed E-state index contributed by atoms with van der Waals surface area (Å²) in [6.45, 7) is 1.42. The first-order chi connectivity index (χ1) is 6.40. The van der Waals surface area contributed by atoms with E-state index in [1.54, 1.807) is 0 Å². The van der Waals surface area contributed by atoms with Crippen LogP contribution in [-0.2, 0) is 19.1 Å². The fraction of sp³-hybridized carbons (Fsp3) is 0.625. The molecule has 0 rings (SSSR count). The normalized spacial score (nSPS) is 12.2. The molecule has 0 aromatic carbocycles. The van der Waals surface area contributed by atoms with Gasteiger partial charge in [0.15, 0.2) is 5.92 Å². The van der Waals surface area contributed by atoms with Gasteiger partial charge in [-0.3, -0.25) is 14.4 Å². The number of carboxylic acid groups (broad SMARTS) is 2. The van der Waals surface area contributed by atoms with E-state index in [1.165, 1.54) is 6.92 Å². The summed E-state index contributed by atoms with van der Waals surface area (Å²) in [4.78, 5) is 31.8. The van der Waals surface area contributed by atoms with Gasteiger partial charge >= 0.3 is 17.9 Å². The van der Waals surface area contributed by atoms with Gasteiger partial charge < -0.3 is 14.9 Å². The maximum atomic E-state index is 10.9. The number of esters is 1. The molecule has 0 radical (unpaired) electrons. The van der Waals surface area contributed by atoms with Gasteiger partial charge in [-0.05, 0) is 6.42 Å². The number of aliphatic carboxylic acids is 2. The van der Waals surface area contributed by atoms with Gasteiger partial charge in [-0.25, -0.2) is 0 Å². The third-order valence-corrected chi connectivity index (χ3v) is 1.79. The first-order valence-electron chi connectivity index (χ1n) is 3.93. The molecule has 0 saturated heterocycles. The maximum absolute atomic E-state index is 10.9. The minimum Gasteiger partial charge on any atom is -0.481 e. The molecule has 80 valence electrons. The smallest absolute Gasteiger partial charge is 0.317 e. The van der Waals surface area contributed by atoms with Gasteiger partial charge in [-0.15, -0.1) is 0 Å². The van der Waals surface area contributed by atoms with Crippen LogP contribution in [0.2, 0.25) is 0 Å². The van der Waals surface area contributed by atoms with Crippen LogP contribution in [0.5, 0.6) is 0 Å². The highest BCUT2D eigenvalue weighted by Gasteiger charge is 2.30. The van der Waals surface area contributed by atoms with Crippen LogP contribution >= 0.6 is 0 Å². The van der Waals surface area contributed by atoms with Crippen molar-refractivity contribution >= 4 is 17.9 Å². The van der Waals surface area contributed by atoms with Crippen molar-refractivity contribution in [1.82, 2.24) is 0 Å². The first kappa shape index (κ1) is 12.4. The Bertz CT molecular complexity index is 232. The first-order valence-corrected chi connectivity index (χ1v) is 3.93. The molecular weight excluding hydrogens is 192 g/mol. The summed E-state index contributed by atoms with van der Waals surface area (Å²) in [6, 6.07) is 0. The molecule has 0 spiro atoms. The zero-order chi connectivity index (χ0) is 11.3. The average Bonchev–Trinajstić information content (AvgIpc) is 2.11. The molecule has 0 aliphatic rings. The maximum Gasteiger partial charge on any atom is 0.317 e. The molecule has 0 aromatic rings. The van der Waals surface area contributed by atoms with Crippen molar-refractivity contribution in [2.24, 2.45) is 11.8 Å². The van der Waals surface area contributed by atoms with Crippen molar-refractivity contribution in [2.75, 3.05) is 7.11 Å². The van der Waals surface area contributed by atoms with E-state index in [0.717, 1.165) is 7.11 Å². The van der Waals surface area contributed by atoms with Crippen LogP contribution in [-0.4, -0.2) is 35.2 Å². The van der Waals surface area contributed by atoms with Crippen LogP contribution in [0, 0.1) is 11.8 Å². The number of carbonyl (C=O) groups is 3. The van der Waals surface area contributed by atoms with Gasteiger partial charge in [0.2, 0.25) is 0 Å². The van der Waals surface area contributed by atoms with E-state index >= 15 is 0 Å². The number of carbonyl (C=O) groups excluding carboxylic acids is 1. The third-order valence-electron chi connectivity index (χ3n) is 1.79. The lowest BCUT2D eigenvalue weighted by Crippen LogP contribution is -2.28. The van der Waals surface area contributed by atoms with E-state index in [4.69, 9.17) is 10.2 Å². The van der Waals surface area contributed by atoms with Crippen LogP contribution in [0.1, 0.15) is 13.3 Å². The Labute approximate surface area is 80.5 Å². The molecule has 1 atom stereocenters. The van der Waals surface area contributed by atoms with Crippen LogP contribution in [0.25, 0.3) is 0 Å². The molecule has 6 heteroatoms. The molecule has 0 amide bonds. The third kappa shape index (κ3) is 3.42. The zero-order valence-corrected chi connectivity index (χ0v) is 7.89. The lowest BCUT2D eigenvalue weighted by atomic mass is 9.96. The second kappa shape index (κ2) is 5.21. The fourth-order valence-corrected chi connectivity index (χ4v) is 0.958. The predicted octanol–water partition coefficient (Wildman–Crippen LogP) is -0.0290. The van der Waals surface area contributed by atoms with Crippen LogP contribution in [0.4, 0.5) is 0 Å². The highest BCUT2D eigenvalue weighted by Crippen LogP contribution is 2.14. The summed E-state index contributed by atoms with van der Waals surface area (Å²) in [5.41, 5.74) is 0. The Morgan fingerprint density at radius 3 is 1.93 bits per heavy atom. The number of ether oxygens (including phenoxy) is 1. The molecule has 0 aromatic heterocycles. The van der Waals surface area contributed by atoms with Gasteiger partial charge in [-0.2, -0.15) is 0 Å². The summed E-state index contributed by atoms with van der Waals surface area (Å²) >= 11 is 0. The van der Waals surface area contributed by atoms with Gasteiger partial charge in [0.25, 0.3) is 0 Å². The topological polar surface area (TPSA) is 101 Å². The molecule has 0 fully saturated rings. The molecule has 1 unspecified atom stereocenters. The minimum absolute atomic E-state index is 0.267. The molecule has 0 aliphatic carbocycles. The lowest BCUT2D eigenvalue weighted by molar-refractivity contribution is -0.156. The Hall–Kier alpha value is -1.59. The minimum atomic E-state index is -1.57. The number of methoxy groups -OCH3 is 1. The van der Waals surface area contributed by atoms with Crippen molar-refractivity contribution < 1.29 is 29.3 Å². The predicted molar refractivity (Wildman–Crippen MR) is 44.6 cm³/mol. The van der Waals surface area contributed by atoms with Crippen molar-refractivity contribution in [3.05, 3.63) is 0 Å². The number of hydrogen-bond acceptors (Lipinski definition) is 4. The fourth-order valence-electron chi connectivity index (χ4n) is 0.958. The zero-order valence-electron chi connectivity index (χ0n) is 7.89. The second-order valence-electron chi connectivity index (χ2n) is 2.89. The Morgan fingerprint density at radius 2 is 1.64 bits per heavy atom. The molecule has 0 bridgehead atoms. The summed E-state index contributed by atoms with van der Waals surface area (Å²) in [5.74, 6) is -5.82. The summed E-state index contributed by atoms with van der Waals surface area (Å²) in [7, 11) is 1.16. The van der Waals surface area contributed by atoms with E-state index in [0.29, 0.717) is 0 Å². The van der Waals surface area contributed by atoms with E-state index in [2.05, 4.69) is 4.74 Å². The van der Waals surface area contributed by atoms with Crippen LogP contribution in [0.3, 0.4) is 0 Å². The quantitative estimate of drug-likeness (QED) is 0.481. The molecule has 0 aliphatic heterocycles. The molecule has 6 nitrogen and oxygen atoms in total. The van der Waals surface area contributed by atoms with Crippen molar-refractivity contribution in [1.29, 1.82) is 0 Å². The van der Waals surface area contributed by atoms with E-state index < -0.39 is 29.7 Å². The van der Waals surface area contributed by atoms with Gasteiger partial charge in [-0.1, -0.05) is 6.92 Å². The van der Waals surface area contributed by atoms with E-state index in [-0.39, 0.29) is 6.42 Å². The second-order valence-corrected chi connectivity index (χ2v) is 2.89. The Morgan fingerprint density at radius 1 is 1.21 bits per heavy atom. The molecule has 2 N–H and O–H groups in total. The van der Waals surface area contributed by atoms with Crippen molar-refractivity contribution in [3.8, 4) is 0 Å². The summed E-state index contributed by atoms with van der Waals surface area (Å²) in [6.07, 6.45) is -0.267. The summed E-state index contributed by atoms with van der Waals surface area (Å²) in [5, 5.41) is 17.0. The molecule has 14 heavy (non-hydrogen) atoms. The monoisotopic (exact) mass is 204 g/mol. The molecule has 0 saturated carbocycles. The standard InChI is InChI=1S/C8H12O6/c1-4(8(13)14-2)3-5(6(9)10)7(11)12/h4-5H,3H2,1-2H3,(H,9,10)(H,11,12). The highest BCUT2D eigenvalue weighted by atomic mass is 16.5. The van der Waals surface area contributed by atoms with Gasteiger partial charge in [0, 0.05) is 0 Å². The Kier molecular flexibility index (Phi) is 4.62. The SMILES string of the molecule is COC(=O)C(C)CC(C(=O)O)C(=O)O. The lowest BCUT2D eigenvalue weighted by Gasteiger charge is -2.11. The van der Waals surface area contributed by atoms with Crippen molar-refractivity contribution in [2.45, 2.75) is 13.3 Å². The van der Waals surface area contributed by atoms with Crippen LogP contribution < -0.4 is 0 Å². The molecular formula is C8H12O6.